The molecule has 0 bridgehead atoms. The predicted molar refractivity (Wildman–Crippen MR) is 112 cm³/mol. The molecule has 0 atom stereocenters. The summed E-state index contributed by atoms with van der Waals surface area (Å²) in [6.07, 6.45) is 4.03. The maximum absolute atomic E-state index is 12.2. The van der Waals surface area contributed by atoms with Gasteiger partial charge in [0, 0.05) is 35.8 Å². The number of aryl methyl sites for hydroxylation is 1. The van der Waals surface area contributed by atoms with Crippen molar-refractivity contribution in [2.45, 2.75) is 19.3 Å². The second-order valence-electron chi connectivity index (χ2n) is 6.26. The topological polar surface area (TPSA) is 158 Å². The van der Waals surface area contributed by atoms with Crippen LogP contribution in [0, 0.1) is 0 Å². The van der Waals surface area contributed by atoms with E-state index in [1.54, 1.807) is 0 Å². The van der Waals surface area contributed by atoms with Crippen LogP contribution < -0.4 is 16.6 Å². The number of carbonyl (C=O) groups excluding carboxylic acids is 1. The van der Waals surface area contributed by atoms with E-state index in [9.17, 15) is 4.79 Å². The first kappa shape index (κ1) is 22.5. The number of fused-ring (bicyclic) bond motifs is 1. The number of hydrogen-bond donors (Lipinski definition) is 6. The number of rotatable bonds is 7. The number of nitrogens with one attached hydrogen (secondary N) is 3. The molecule has 3 aromatic rings. The highest BCUT2D eigenvalue weighted by Gasteiger charge is 2.07. The standard InChI is InChI=1S/C19H22N4O.H2O4S/c20-22-12-11-14-5-8-16(9-6-14)23-19(24)10-7-15-13-21-18-4-2-1-3-17(15)18;1-5(2,3)4/h1-6,8-9,13,21-22H,7,10-12,20H2,(H,23,24);(H2,1,2,3,4). The van der Waals surface area contributed by atoms with E-state index in [1.807, 2.05) is 48.7 Å². The molecule has 1 aromatic heterocycles. The first-order chi connectivity index (χ1) is 13.8. The van der Waals surface area contributed by atoms with Crippen molar-refractivity contribution in [1.82, 2.24) is 10.4 Å². The average Bonchev–Trinajstić information content (AvgIpc) is 3.08. The van der Waals surface area contributed by atoms with Gasteiger partial charge in [-0.2, -0.15) is 8.42 Å². The molecule has 0 unspecified atom stereocenters. The fourth-order valence-electron chi connectivity index (χ4n) is 2.78. The number of anilines is 1. The molecule has 29 heavy (non-hydrogen) atoms. The highest BCUT2D eigenvalue weighted by atomic mass is 32.3. The van der Waals surface area contributed by atoms with Crippen LogP contribution in [-0.4, -0.2) is 35.0 Å². The van der Waals surface area contributed by atoms with E-state index in [-0.39, 0.29) is 5.91 Å². The smallest absolute Gasteiger partial charge is 0.361 e. The van der Waals surface area contributed by atoms with Crippen LogP contribution >= 0.6 is 0 Å². The number of amides is 1. The van der Waals surface area contributed by atoms with E-state index in [0.29, 0.717) is 6.42 Å². The molecule has 0 aliphatic rings. The molecule has 3 rings (SSSR count). The highest BCUT2D eigenvalue weighted by molar-refractivity contribution is 7.79. The van der Waals surface area contributed by atoms with Crippen molar-refractivity contribution in [3.8, 4) is 0 Å². The van der Waals surface area contributed by atoms with Crippen LogP contribution in [0.25, 0.3) is 10.9 Å². The summed E-state index contributed by atoms with van der Waals surface area (Å²) in [5.41, 5.74) is 6.92. The number of H-pyrrole nitrogens is 1. The molecule has 0 fully saturated rings. The lowest BCUT2D eigenvalue weighted by Gasteiger charge is -2.06. The Morgan fingerprint density at radius 2 is 1.69 bits per heavy atom. The Kier molecular flexibility index (Phi) is 8.31. The lowest BCUT2D eigenvalue weighted by atomic mass is 10.1. The van der Waals surface area contributed by atoms with Gasteiger partial charge >= 0.3 is 10.4 Å². The van der Waals surface area contributed by atoms with E-state index < -0.39 is 10.4 Å². The molecule has 1 amide bonds. The van der Waals surface area contributed by atoms with Crippen LogP contribution in [0.3, 0.4) is 0 Å². The van der Waals surface area contributed by atoms with Crippen molar-refractivity contribution in [2.75, 3.05) is 11.9 Å². The van der Waals surface area contributed by atoms with Gasteiger partial charge in [-0.25, -0.2) is 0 Å². The molecule has 0 aliphatic carbocycles. The van der Waals surface area contributed by atoms with Gasteiger partial charge in [0.05, 0.1) is 0 Å². The molecule has 0 radical (unpaired) electrons. The third-order valence-corrected chi connectivity index (χ3v) is 4.09. The minimum Gasteiger partial charge on any atom is -0.361 e. The summed E-state index contributed by atoms with van der Waals surface area (Å²) in [6.45, 7) is 0.732. The monoisotopic (exact) mass is 420 g/mol. The summed E-state index contributed by atoms with van der Waals surface area (Å²) in [7, 11) is -4.67. The number of hydrogen-bond acceptors (Lipinski definition) is 5. The minimum absolute atomic E-state index is 0.0247. The van der Waals surface area contributed by atoms with E-state index in [4.69, 9.17) is 23.4 Å². The first-order valence-corrected chi connectivity index (χ1v) is 10.2. The lowest BCUT2D eigenvalue weighted by Crippen LogP contribution is -2.24. The second kappa shape index (κ2) is 10.7. The molecule has 9 nitrogen and oxygen atoms in total. The Morgan fingerprint density at radius 3 is 2.34 bits per heavy atom. The molecule has 0 saturated carbocycles. The number of aromatic amines is 1. The van der Waals surface area contributed by atoms with Crippen molar-refractivity contribution in [1.29, 1.82) is 0 Å². The number of aromatic nitrogens is 1. The molecule has 0 spiro atoms. The van der Waals surface area contributed by atoms with Gasteiger partial charge in [0.15, 0.2) is 0 Å². The normalized spacial score (nSPS) is 11.0. The van der Waals surface area contributed by atoms with Crippen LogP contribution in [0.4, 0.5) is 5.69 Å². The summed E-state index contributed by atoms with van der Waals surface area (Å²) in [4.78, 5) is 15.4. The Labute approximate surface area is 168 Å². The molecule has 2 aromatic carbocycles. The zero-order valence-electron chi connectivity index (χ0n) is 15.6. The van der Waals surface area contributed by atoms with E-state index in [1.165, 1.54) is 16.5 Å². The Bertz CT molecular complexity index is 1020. The Hall–Kier alpha value is -2.76. The van der Waals surface area contributed by atoms with Crippen LogP contribution in [0.5, 0.6) is 0 Å². The molecule has 10 heteroatoms. The van der Waals surface area contributed by atoms with Crippen molar-refractivity contribution in [3.05, 3.63) is 65.9 Å². The SMILES string of the molecule is NNCCc1ccc(NC(=O)CCc2c[nH]c3ccccc23)cc1.O=S(=O)(O)O. The third-order valence-electron chi connectivity index (χ3n) is 4.09. The summed E-state index contributed by atoms with van der Waals surface area (Å²) in [5.74, 6) is 5.30. The minimum atomic E-state index is -4.67. The quantitative estimate of drug-likeness (QED) is 0.194. The van der Waals surface area contributed by atoms with Gasteiger partial charge in [-0.3, -0.25) is 25.2 Å². The van der Waals surface area contributed by atoms with Crippen molar-refractivity contribution < 1.29 is 22.3 Å². The predicted octanol–water partition coefficient (Wildman–Crippen LogP) is 2.09. The maximum Gasteiger partial charge on any atom is 0.394 e. The van der Waals surface area contributed by atoms with Gasteiger partial charge in [-0.1, -0.05) is 30.3 Å². The summed E-state index contributed by atoms with van der Waals surface area (Å²) in [5, 5.41) is 4.13. The van der Waals surface area contributed by atoms with Crippen molar-refractivity contribution in [3.63, 3.8) is 0 Å². The fourth-order valence-corrected chi connectivity index (χ4v) is 2.78. The number of hydrazine groups is 1. The summed E-state index contributed by atoms with van der Waals surface area (Å²) in [6, 6.07) is 16.0. The molecular weight excluding hydrogens is 396 g/mol. The lowest BCUT2D eigenvalue weighted by molar-refractivity contribution is -0.116. The number of nitrogens with two attached hydrogens (primary N) is 1. The zero-order chi connectivity index (χ0) is 21.3. The van der Waals surface area contributed by atoms with E-state index >= 15 is 0 Å². The average molecular weight is 420 g/mol. The van der Waals surface area contributed by atoms with Crippen molar-refractivity contribution in [2.24, 2.45) is 5.84 Å². The van der Waals surface area contributed by atoms with Crippen LogP contribution in [0.2, 0.25) is 0 Å². The first-order valence-electron chi connectivity index (χ1n) is 8.83. The van der Waals surface area contributed by atoms with Gasteiger partial charge in [0.25, 0.3) is 0 Å². The van der Waals surface area contributed by atoms with E-state index in [0.717, 1.165) is 30.6 Å². The van der Waals surface area contributed by atoms with Gasteiger partial charge in [-0.15, -0.1) is 0 Å². The molecular formula is C19H24N4O5S. The van der Waals surface area contributed by atoms with Gasteiger partial charge in [0.1, 0.15) is 0 Å². The van der Waals surface area contributed by atoms with Crippen LogP contribution in [-0.2, 0) is 28.0 Å². The number of para-hydroxylation sites is 1. The van der Waals surface area contributed by atoms with E-state index in [2.05, 4.69) is 21.8 Å². The molecule has 156 valence electrons. The van der Waals surface area contributed by atoms with Crippen LogP contribution in [0.1, 0.15) is 17.5 Å². The molecule has 0 saturated heterocycles. The van der Waals surface area contributed by atoms with Gasteiger partial charge in [0.2, 0.25) is 5.91 Å². The maximum atomic E-state index is 12.2. The van der Waals surface area contributed by atoms with Crippen LogP contribution in [0.15, 0.2) is 54.7 Å². The molecule has 1 heterocycles. The highest BCUT2D eigenvalue weighted by Crippen LogP contribution is 2.19. The summed E-state index contributed by atoms with van der Waals surface area (Å²) >= 11 is 0. The zero-order valence-corrected chi connectivity index (χ0v) is 16.4. The number of carbonyl (C=O) groups is 1. The largest absolute Gasteiger partial charge is 0.394 e. The second-order valence-corrected chi connectivity index (χ2v) is 7.15. The Balaban J connectivity index is 0.000000537. The third kappa shape index (κ3) is 8.42. The van der Waals surface area contributed by atoms with Gasteiger partial charge < -0.3 is 10.3 Å². The Morgan fingerprint density at radius 1 is 1.03 bits per heavy atom. The molecule has 7 N–H and O–H groups in total. The fraction of sp³-hybridized carbons (Fsp3) is 0.211. The van der Waals surface area contributed by atoms with Gasteiger partial charge in [-0.05, 0) is 42.2 Å². The molecule has 0 aliphatic heterocycles. The van der Waals surface area contributed by atoms with Crippen molar-refractivity contribution >= 4 is 32.9 Å². The number of benzene rings is 2. The summed E-state index contributed by atoms with van der Waals surface area (Å²) < 4.78 is 31.6.